The second-order valence-electron chi connectivity index (χ2n) is 4.37. The van der Waals surface area contributed by atoms with Crippen LogP contribution in [0.15, 0.2) is 29.2 Å². The fraction of sp³-hybridized carbons (Fsp3) is 0.455. The zero-order valence-corrected chi connectivity index (χ0v) is 12.0. The summed E-state index contributed by atoms with van der Waals surface area (Å²) in [5.41, 5.74) is 0. The Hall–Kier alpha value is -1.12. The highest BCUT2D eigenvalue weighted by Crippen LogP contribution is 2.24. The number of sulfonamides is 1. The van der Waals surface area contributed by atoms with E-state index in [1.165, 1.54) is 13.2 Å². The normalized spacial score (nSPS) is 22.3. The Bertz CT molecular complexity index is 666. The van der Waals surface area contributed by atoms with E-state index in [1.807, 2.05) is 0 Å². The lowest BCUT2D eigenvalue weighted by Gasteiger charge is -2.13. The van der Waals surface area contributed by atoms with Gasteiger partial charge in [0.25, 0.3) is 0 Å². The van der Waals surface area contributed by atoms with Crippen molar-refractivity contribution in [1.29, 1.82) is 0 Å². The Morgan fingerprint density at radius 3 is 2.58 bits per heavy atom. The van der Waals surface area contributed by atoms with E-state index in [-0.39, 0.29) is 22.2 Å². The van der Waals surface area contributed by atoms with Gasteiger partial charge in [0.1, 0.15) is 10.6 Å². The van der Waals surface area contributed by atoms with Crippen LogP contribution in [0.5, 0.6) is 5.75 Å². The van der Waals surface area contributed by atoms with E-state index >= 15 is 0 Å². The molecule has 19 heavy (non-hydrogen) atoms. The van der Waals surface area contributed by atoms with E-state index in [0.29, 0.717) is 6.42 Å². The summed E-state index contributed by atoms with van der Waals surface area (Å²) in [5.74, 6) is 0.101. The van der Waals surface area contributed by atoms with Crippen molar-refractivity contribution in [3.8, 4) is 5.75 Å². The van der Waals surface area contributed by atoms with Gasteiger partial charge in [0, 0.05) is 6.04 Å². The molecule has 1 heterocycles. The number of benzene rings is 1. The summed E-state index contributed by atoms with van der Waals surface area (Å²) < 4.78 is 54.5. The van der Waals surface area contributed by atoms with Gasteiger partial charge in [-0.25, -0.2) is 21.6 Å². The van der Waals surface area contributed by atoms with Gasteiger partial charge in [-0.3, -0.25) is 0 Å². The van der Waals surface area contributed by atoms with Gasteiger partial charge in [0.05, 0.1) is 18.6 Å². The van der Waals surface area contributed by atoms with Gasteiger partial charge in [0.15, 0.2) is 9.84 Å². The number of nitrogens with one attached hydrogen (secondary N) is 1. The topological polar surface area (TPSA) is 89.5 Å². The molecule has 1 aromatic rings. The third-order valence-corrected chi connectivity index (χ3v) is 6.24. The summed E-state index contributed by atoms with van der Waals surface area (Å²) in [6.07, 6.45) is 0.302. The molecule has 0 saturated carbocycles. The Balaban J connectivity index is 2.24. The van der Waals surface area contributed by atoms with Crippen LogP contribution in [0, 0.1) is 0 Å². The molecule has 6 nitrogen and oxygen atoms in total. The minimum atomic E-state index is -3.78. The third-order valence-electron chi connectivity index (χ3n) is 2.91. The molecule has 0 amide bonds. The van der Waals surface area contributed by atoms with Crippen molar-refractivity contribution in [3.63, 3.8) is 0 Å². The van der Waals surface area contributed by atoms with E-state index in [1.54, 1.807) is 18.2 Å². The van der Waals surface area contributed by atoms with Crippen molar-refractivity contribution in [1.82, 2.24) is 4.72 Å². The van der Waals surface area contributed by atoms with Crippen molar-refractivity contribution in [2.45, 2.75) is 17.4 Å². The minimum absolute atomic E-state index is 0.0156. The van der Waals surface area contributed by atoms with Gasteiger partial charge in [0.2, 0.25) is 10.0 Å². The van der Waals surface area contributed by atoms with Gasteiger partial charge in [-0.2, -0.15) is 0 Å². The molecule has 2 rings (SSSR count). The molecule has 0 radical (unpaired) electrons. The van der Waals surface area contributed by atoms with Gasteiger partial charge < -0.3 is 4.74 Å². The first-order valence-corrected chi connectivity index (χ1v) is 9.00. The Kier molecular flexibility index (Phi) is 3.84. The third kappa shape index (κ3) is 3.26. The summed E-state index contributed by atoms with van der Waals surface area (Å²) in [6, 6.07) is 5.64. The molecule has 1 aliphatic heterocycles. The molecule has 1 atom stereocenters. The predicted molar refractivity (Wildman–Crippen MR) is 70.4 cm³/mol. The van der Waals surface area contributed by atoms with Crippen LogP contribution in [-0.2, 0) is 19.9 Å². The van der Waals surface area contributed by atoms with Crippen LogP contribution in [0.25, 0.3) is 0 Å². The molecule has 1 aliphatic rings. The van der Waals surface area contributed by atoms with E-state index in [4.69, 9.17) is 4.74 Å². The molecule has 1 unspecified atom stereocenters. The zero-order chi connectivity index (χ0) is 14.1. The van der Waals surface area contributed by atoms with Crippen LogP contribution in [0.1, 0.15) is 6.42 Å². The average Bonchev–Trinajstić information content (AvgIpc) is 2.67. The largest absolute Gasteiger partial charge is 0.495 e. The molecular formula is C11H15NO5S2. The molecule has 1 N–H and O–H groups in total. The van der Waals surface area contributed by atoms with Crippen LogP contribution in [0.2, 0.25) is 0 Å². The number of sulfone groups is 1. The van der Waals surface area contributed by atoms with Crippen LogP contribution in [0.3, 0.4) is 0 Å². The first kappa shape index (κ1) is 14.3. The second-order valence-corrected chi connectivity index (χ2v) is 8.28. The fourth-order valence-electron chi connectivity index (χ4n) is 2.01. The number of ether oxygens (including phenoxy) is 1. The number of hydrogen-bond donors (Lipinski definition) is 1. The van der Waals surface area contributed by atoms with Crippen LogP contribution < -0.4 is 9.46 Å². The first-order chi connectivity index (χ1) is 8.84. The number of hydrogen-bond acceptors (Lipinski definition) is 5. The van der Waals surface area contributed by atoms with Gasteiger partial charge in [-0.15, -0.1) is 0 Å². The maximum atomic E-state index is 12.2. The number of para-hydroxylation sites is 1. The average molecular weight is 305 g/mol. The Morgan fingerprint density at radius 2 is 2.00 bits per heavy atom. The van der Waals surface area contributed by atoms with E-state index in [0.717, 1.165) is 0 Å². The maximum Gasteiger partial charge on any atom is 0.244 e. The Morgan fingerprint density at radius 1 is 1.32 bits per heavy atom. The Labute approximate surface area is 112 Å². The highest BCUT2D eigenvalue weighted by atomic mass is 32.2. The molecule has 106 valence electrons. The molecule has 0 aliphatic carbocycles. The molecular weight excluding hydrogens is 290 g/mol. The highest BCUT2D eigenvalue weighted by Gasteiger charge is 2.32. The quantitative estimate of drug-likeness (QED) is 0.856. The van der Waals surface area contributed by atoms with Crippen molar-refractivity contribution in [2.75, 3.05) is 18.6 Å². The summed E-state index contributed by atoms with van der Waals surface area (Å²) in [6.45, 7) is 0. The van der Waals surface area contributed by atoms with E-state index in [2.05, 4.69) is 4.72 Å². The lowest BCUT2D eigenvalue weighted by Crippen LogP contribution is -2.35. The molecule has 0 bridgehead atoms. The summed E-state index contributed by atoms with van der Waals surface area (Å²) in [4.78, 5) is 0.0156. The van der Waals surface area contributed by atoms with Gasteiger partial charge >= 0.3 is 0 Å². The van der Waals surface area contributed by atoms with Crippen molar-refractivity contribution in [3.05, 3.63) is 24.3 Å². The van der Waals surface area contributed by atoms with Gasteiger partial charge in [-0.1, -0.05) is 12.1 Å². The SMILES string of the molecule is COc1ccccc1S(=O)(=O)NC1CCS(=O)(=O)C1. The summed E-state index contributed by atoms with van der Waals surface area (Å²) in [7, 11) is -5.52. The lowest BCUT2D eigenvalue weighted by atomic mass is 10.3. The molecule has 1 saturated heterocycles. The van der Waals surface area contributed by atoms with Crippen molar-refractivity contribution >= 4 is 19.9 Å². The predicted octanol–water partition coefficient (Wildman–Crippen LogP) is 0.161. The second kappa shape index (κ2) is 5.10. The van der Waals surface area contributed by atoms with Crippen LogP contribution >= 0.6 is 0 Å². The van der Waals surface area contributed by atoms with E-state index in [9.17, 15) is 16.8 Å². The lowest BCUT2D eigenvalue weighted by molar-refractivity contribution is 0.402. The summed E-state index contributed by atoms with van der Waals surface area (Å²) >= 11 is 0. The van der Waals surface area contributed by atoms with Crippen LogP contribution in [0.4, 0.5) is 0 Å². The number of rotatable bonds is 4. The maximum absolute atomic E-state index is 12.2. The minimum Gasteiger partial charge on any atom is -0.495 e. The molecule has 0 spiro atoms. The molecule has 8 heteroatoms. The zero-order valence-electron chi connectivity index (χ0n) is 10.4. The van der Waals surface area contributed by atoms with Crippen molar-refractivity contribution in [2.24, 2.45) is 0 Å². The molecule has 0 aromatic heterocycles. The van der Waals surface area contributed by atoms with Crippen molar-refractivity contribution < 1.29 is 21.6 Å². The van der Waals surface area contributed by atoms with E-state index < -0.39 is 25.9 Å². The fourth-order valence-corrected chi connectivity index (χ4v) is 5.23. The van der Waals surface area contributed by atoms with Crippen LogP contribution in [-0.4, -0.2) is 41.5 Å². The summed E-state index contributed by atoms with van der Waals surface area (Å²) in [5, 5.41) is 0. The highest BCUT2D eigenvalue weighted by molar-refractivity contribution is 7.92. The molecule has 1 fully saturated rings. The smallest absolute Gasteiger partial charge is 0.244 e. The molecule has 1 aromatic carbocycles. The monoisotopic (exact) mass is 305 g/mol. The first-order valence-electron chi connectivity index (χ1n) is 5.70. The standard InChI is InChI=1S/C11H15NO5S2/c1-17-10-4-2-3-5-11(10)19(15,16)12-9-6-7-18(13,14)8-9/h2-5,9,12H,6-8H2,1H3. The number of methoxy groups -OCH3 is 1. The van der Waals surface area contributed by atoms with Gasteiger partial charge in [-0.05, 0) is 18.6 Å².